The molecule has 2 unspecified atom stereocenters. The zero-order chi connectivity index (χ0) is 11.5. The molecule has 0 aromatic heterocycles. The van der Waals surface area contributed by atoms with Gasteiger partial charge in [-0.2, -0.15) is 0 Å². The van der Waals surface area contributed by atoms with Gasteiger partial charge in [0.2, 0.25) is 0 Å². The van der Waals surface area contributed by atoms with Crippen LogP contribution in [0.4, 0.5) is 4.39 Å². The van der Waals surface area contributed by atoms with Crippen LogP contribution in [0.25, 0.3) is 0 Å². The van der Waals surface area contributed by atoms with Gasteiger partial charge in [-0.15, -0.1) is 0 Å². The predicted molar refractivity (Wildman–Crippen MR) is 62.3 cm³/mol. The first-order valence-corrected chi connectivity index (χ1v) is 5.81. The third-order valence-electron chi connectivity index (χ3n) is 3.19. The lowest BCUT2D eigenvalue weighted by Gasteiger charge is -2.21. The molecule has 1 aliphatic rings. The van der Waals surface area contributed by atoms with Crippen molar-refractivity contribution in [2.75, 3.05) is 7.05 Å². The molecule has 1 aliphatic carbocycles. The van der Waals surface area contributed by atoms with E-state index in [9.17, 15) is 4.39 Å². The first-order valence-electron chi connectivity index (χ1n) is 5.81. The minimum Gasteiger partial charge on any atom is -0.486 e. The summed E-state index contributed by atoms with van der Waals surface area (Å²) in [5, 5.41) is 3.22. The normalized spacial score (nSPS) is 24.7. The Morgan fingerprint density at radius 2 is 2.19 bits per heavy atom. The van der Waals surface area contributed by atoms with Crippen molar-refractivity contribution in [3.05, 3.63) is 29.6 Å². The van der Waals surface area contributed by atoms with Gasteiger partial charge >= 0.3 is 0 Å². The van der Waals surface area contributed by atoms with Crippen molar-refractivity contribution >= 4 is 0 Å². The molecule has 1 aromatic carbocycles. The summed E-state index contributed by atoms with van der Waals surface area (Å²) in [6, 6.07) is 5.33. The SMILES string of the molecule is CNC1CCCC1Oc1cc(C)ccc1F. The standard InChI is InChI=1S/C13H18FNO/c1-9-6-7-10(14)13(8-9)16-12-5-3-4-11(12)15-2/h6-8,11-12,15H,3-5H2,1-2H3. The number of aryl methyl sites for hydroxylation is 1. The predicted octanol–water partition coefficient (Wildman–Crippen LogP) is 2.65. The van der Waals surface area contributed by atoms with Crippen LogP contribution in [-0.4, -0.2) is 19.2 Å². The highest BCUT2D eigenvalue weighted by molar-refractivity contribution is 5.29. The van der Waals surface area contributed by atoms with Crippen molar-refractivity contribution in [1.82, 2.24) is 5.32 Å². The number of benzene rings is 1. The molecule has 88 valence electrons. The average Bonchev–Trinajstić information content (AvgIpc) is 2.71. The van der Waals surface area contributed by atoms with E-state index in [0.29, 0.717) is 11.8 Å². The Balaban J connectivity index is 2.11. The summed E-state index contributed by atoms with van der Waals surface area (Å²) in [7, 11) is 1.93. The molecule has 3 heteroatoms. The van der Waals surface area contributed by atoms with Crippen molar-refractivity contribution in [3.8, 4) is 5.75 Å². The van der Waals surface area contributed by atoms with Crippen molar-refractivity contribution in [1.29, 1.82) is 0 Å². The highest BCUT2D eigenvalue weighted by Crippen LogP contribution is 2.26. The second-order valence-electron chi connectivity index (χ2n) is 4.42. The van der Waals surface area contributed by atoms with Gasteiger partial charge in [-0.1, -0.05) is 6.07 Å². The van der Waals surface area contributed by atoms with Crippen molar-refractivity contribution in [3.63, 3.8) is 0 Å². The molecule has 16 heavy (non-hydrogen) atoms. The van der Waals surface area contributed by atoms with Gasteiger partial charge in [0.25, 0.3) is 0 Å². The average molecular weight is 223 g/mol. The molecular formula is C13H18FNO. The number of nitrogens with one attached hydrogen (secondary N) is 1. The Hall–Kier alpha value is -1.09. The van der Waals surface area contributed by atoms with Crippen LogP contribution in [0, 0.1) is 12.7 Å². The van der Waals surface area contributed by atoms with E-state index in [4.69, 9.17) is 4.74 Å². The summed E-state index contributed by atoms with van der Waals surface area (Å²) in [6.07, 6.45) is 3.35. The number of hydrogen-bond acceptors (Lipinski definition) is 2. The van der Waals surface area contributed by atoms with Gasteiger partial charge in [0.1, 0.15) is 6.10 Å². The van der Waals surface area contributed by atoms with Gasteiger partial charge in [0, 0.05) is 6.04 Å². The first-order chi connectivity index (χ1) is 7.70. The van der Waals surface area contributed by atoms with Crippen LogP contribution in [0.1, 0.15) is 24.8 Å². The summed E-state index contributed by atoms with van der Waals surface area (Å²) >= 11 is 0. The number of halogens is 1. The maximum absolute atomic E-state index is 13.5. The lowest BCUT2D eigenvalue weighted by atomic mass is 10.2. The lowest BCUT2D eigenvalue weighted by Crippen LogP contribution is -2.36. The van der Waals surface area contributed by atoms with Crippen molar-refractivity contribution < 1.29 is 9.13 Å². The highest BCUT2D eigenvalue weighted by Gasteiger charge is 2.28. The lowest BCUT2D eigenvalue weighted by molar-refractivity contribution is 0.171. The molecule has 2 rings (SSSR count). The van der Waals surface area contributed by atoms with Crippen molar-refractivity contribution in [2.24, 2.45) is 0 Å². The van der Waals surface area contributed by atoms with Gasteiger partial charge < -0.3 is 10.1 Å². The minimum atomic E-state index is -0.271. The number of rotatable bonds is 3. The molecule has 0 amide bonds. The van der Waals surface area contributed by atoms with E-state index in [1.807, 2.05) is 14.0 Å². The third-order valence-corrected chi connectivity index (χ3v) is 3.19. The number of ether oxygens (including phenoxy) is 1. The van der Waals surface area contributed by atoms with Crippen LogP contribution in [0.15, 0.2) is 18.2 Å². The largest absolute Gasteiger partial charge is 0.486 e. The third kappa shape index (κ3) is 2.35. The van der Waals surface area contributed by atoms with Crippen LogP contribution >= 0.6 is 0 Å². The molecule has 2 nitrogen and oxygen atoms in total. The zero-order valence-electron chi connectivity index (χ0n) is 9.79. The van der Waals surface area contributed by atoms with E-state index in [0.717, 1.165) is 24.8 Å². The monoisotopic (exact) mass is 223 g/mol. The Labute approximate surface area is 95.8 Å². The van der Waals surface area contributed by atoms with E-state index in [-0.39, 0.29) is 11.9 Å². The molecule has 1 fully saturated rings. The number of hydrogen-bond donors (Lipinski definition) is 1. The quantitative estimate of drug-likeness (QED) is 0.850. The number of likely N-dealkylation sites (N-methyl/N-ethyl adjacent to an activating group) is 1. The van der Waals surface area contributed by atoms with Crippen LogP contribution in [0.5, 0.6) is 5.75 Å². The van der Waals surface area contributed by atoms with Gasteiger partial charge in [0.05, 0.1) is 0 Å². The molecule has 0 spiro atoms. The van der Waals surface area contributed by atoms with Crippen LogP contribution < -0.4 is 10.1 Å². The maximum Gasteiger partial charge on any atom is 0.165 e. The molecule has 0 saturated heterocycles. The minimum absolute atomic E-state index is 0.0984. The summed E-state index contributed by atoms with van der Waals surface area (Å²) in [6.45, 7) is 1.94. The molecule has 2 atom stereocenters. The summed E-state index contributed by atoms with van der Waals surface area (Å²) < 4.78 is 19.3. The Kier molecular flexibility index (Phi) is 3.44. The zero-order valence-corrected chi connectivity index (χ0v) is 9.79. The first kappa shape index (κ1) is 11.4. The van der Waals surface area contributed by atoms with E-state index < -0.39 is 0 Å². The van der Waals surface area contributed by atoms with E-state index in [1.165, 1.54) is 6.07 Å². The molecule has 1 aromatic rings. The fraction of sp³-hybridized carbons (Fsp3) is 0.538. The summed E-state index contributed by atoms with van der Waals surface area (Å²) in [5.41, 5.74) is 1.02. The van der Waals surface area contributed by atoms with E-state index in [2.05, 4.69) is 5.32 Å². The molecular weight excluding hydrogens is 205 g/mol. The summed E-state index contributed by atoms with van der Waals surface area (Å²) in [5.74, 6) is 0.111. The van der Waals surface area contributed by atoms with E-state index >= 15 is 0 Å². The van der Waals surface area contributed by atoms with Crippen LogP contribution in [-0.2, 0) is 0 Å². The Morgan fingerprint density at radius 3 is 2.94 bits per heavy atom. The molecule has 0 heterocycles. The fourth-order valence-electron chi connectivity index (χ4n) is 2.26. The fourth-order valence-corrected chi connectivity index (χ4v) is 2.26. The van der Waals surface area contributed by atoms with Crippen LogP contribution in [0.3, 0.4) is 0 Å². The topological polar surface area (TPSA) is 21.3 Å². The van der Waals surface area contributed by atoms with Gasteiger partial charge in [-0.25, -0.2) is 4.39 Å². The molecule has 1 saturated carbocycles. The second kappa shape index (κ2) is 4.83. The molecule has 0 aliphatic heterocycles. The summed E-state index contributed by atoms with van der Waals surface area (Å²) in [4.78, 5) is 0. The Bertz CT molecular complexity index is 367. The Morgan fingerprint density at radius 1 is 1.38 bits per heavy atom. The van der Waals surface area contributed by atoms with Crippen molar-refractivity contribution in [2.45, 2.75) is 38.3 Å². The molecule has 1 N–H and O–H groups in total. The second-order valence-corrected chi connectivity index (χ2v) is 4.42. The van der Waals surface area contributed by atoms with Gasteiger partial charge in [-0.3, -0.25) is 0 Å². The van der Waals surface area contributed by atoms with Crippen LogP contribution in [0.2, 0.25) is 0 Å². The highest BCUT2D eigenvalue weighted by atomic mass is 19.1. The smallest absolute Gasteiger partial charge is 0.165 e. The van der Waals surface area contributed by atoms with Gasteiger partial charge in [-0.05, 0) is 50.9 Å². The van der Waals surface area contributed by atoms with Gasteiger partial charge in [0.15, 0.2) is 11.6 Å². The maximum atomic E-state index is 13.5. The van der Waals surface area contributed by atoms with E-state index in [1.54, 1.807) is 12.1 Å². The molecule has 0 bridgehead atoms. The molecule has 0 radical (unpaired) electrons.